The maximum atomic E-state index is 14.5. The monoisotopic (exact) mass is 534 g/mol. The molecule has 208 valence electrons. The third-order valence-electron chi connectivity index (χ3n) is 9.27. The molecule has 0 bridgehead atoms. The van der Waals surface area contributed by atoms with Crippen molar-refractivity contribution in [2.75, 3.05) is 13.7 Å². The normalized spacial score (nSPS) is 31.9. The molecule has 3 fully saturated rings. The van der Waals surface area contributed by atoms with Gasteiger partial charge in [-0.15, -0.1) is 0 Å². The Morgan fingerprint density at radius 1 is 1.18 bits per heavy atom. The van der Waals surface area contributed by atoms with Crippen LogP contribution in [0.5, 0.6) is 0 Å². The summed E-state index contributed by atoms with van der Waals surface area (Å²) in [6.07, 6.45) is 0.201. The predicted octanol–water partition coefficient (Wildman–Crippen LogP) is 6.67. The lowest BCUT2D eigenvalue weighted by molar-refractivity contribution is -0.278. The molecule has 5 nitrogen and oxygen atoms in total. The van der Waals surface area contributed by atoms with Crippen LogP contribution in [-0.4, -0.2) is 37.9 Å². The summed E-state index contributed by atoms with van der Waals surface area (Å²) in [7, 11) is 0.869. The van der Waals surface area contributed by atoms with Crippen LogP contribution in [0.3, 0.4) is 0 Å². The molecule has 1 aromatic carbocycles. The van der Waals surface area contributed by atoms with Crippen LogP contribution in [0.2, 0.25) is 0 Å². The van der Waals surface area contributed by atoms with Crippen LogP contribution >= 0.6 is 0 Å². The van der Waals surface area contributed by atoms with Gasteiger partial charge in [0.05, 0.1) is 6.61 Å². The molecule has 1 heterocycles. The van der Waals surface area contributed by atoms with E-state index in [0.717, 1.165) is 26.4 Å². The first-order valence-corrected chi connectivity index (χ1v) is 13.2. The maximum Gasteiger partial charge on any atom is 0.432 e. The Labute approximate surface area is 222 Å². The van der Waals surface area contributed by atoms with E-state index in [4.69, 9.17) is 14.2 Å². The molecule has 1 aliphatic heterocycles. The molecule has 2 aliphatic carbocycles. The second-order valence-corrected chi connectivity index (χ2v) is 11.8. The summed E-state index contributed by atoms with van der Waals surface area (Å²) in [4.78, 5) is 25.6. The third kappa shape index (κ3) is 4.69. The second kappa shape index (κ2) is 10.2. The van der Waals surface area contributed by atoms with Crippen LogP contribution in [0, 0.1) is 22.7 Å². The van der Waals surface area contributed by atoms with E-state index in [2.05, 4.69) is 27.4 Å². The number of hydrogen-bond donors (Lipinski definition) is 0. The van der Waals surface area contributed by atoms with Crippen molar-refractivity contribution in [1.82, 2.24) is 0 Å². The number of fused-ring (bicyclic) bond motifs is 1. The maximum absolute atomic E-state index is 14.5. The van der Waals surface area contributed by atoms with Gasteiger partial charge in [-0.25, -0.2) is 9.59 Å². The van der Waals surface area contributed by atoms with Gasteiger partial charge in [-0.2, -0.15) is 13.2 Å². The molecule has 0 aromatic heterocycles. The largest absolute Gasteiger partial charge is 0.462 e. The quantitative estimate of drug-likeness (QED) is 0.232. The zero-order chi connectivity index (χ0) is 27.9. The van der Waals surface area contributed by atoms with Gasteiger partial charge in [-0.05, 0) is 53.9 Å². The number of cyclic esters (lactones) is 1. The van der Waals surface area contributed by atoms with Gasteiger partial charge in [0.25, 0.3) is 5.60 Å². The van der Waals surface area contributed by atoms with E-state index in [1.54, 1.807) is 6.07 Å². The highest BCUT2D eigenvalue weighted by Gasteiger charge is 2.65. The van der Waals surface area contributed by atoms with E-state index in [1.165, 1.54) is 24.3 Å². The van der Waals surface area contributed by atoms with Crippen LogP contribution in [-0.2, 0) is 29.4 Å². The number of carbonyl (C=O) groups is 2. The zero-order valence-electron chi connectivity index (χ0n) is 22.5. The SMILES string of the molecule is C=C1[C@@H](OC(=O)[C@@](OC)(c2ccccc2)C(F)(F)F)C[C@H]2C(C)(C)CCC[C@]2(C)[C@H]1C/C=C1\CCOC1=O. The van der Waals surface area contributed by atoms with Crippen molar-refractivity contribution in [1.29, 1.82) is 0 Å². The Kier molecular flexibility index (Phi) is 7.60. The van der Waals surface area contributed by atoms with Gasteiger partial charge < -0.3 is 14.2 Å². The lowest BCUT2D eigenvalue weighted by Crippen LogP contribution is -2.56. The van der Waals surface area contributed by atoms with Crippen LogP contribution in [0.4, 0.5) is 13.2 Å². The Balaban J connectivity index is 1.70. The van der Waals surface area contributed by atoms with Gasteiger partial charge in [0, 0.05) is 24.7 Å². The Bertz CT molecular complexity index is 1110. The zero-order valence-corrected chi connectivity index (χ0v) is 22.5. The van der Waals surface area contributed by atoms with E-state index in [0.29, 0.717) is 37.0 Å². The number of alkyl halides is 3. The summed E-state index contributed by atoms with van der Waals surface area (Å²) < 4.78 is 59.4. The summed E-state index contributed by atoms with van der Waals surface area (Å²) in [5.74, 6) is -1.94. The molecule has 3 aliphatic rings. The summed E-state index contributed by atoms with van der Waals surface area (Å²) in [5.41, 5.74) is -2.74. The van der Waals surface area contributed by atoms with Gasteiger partial charge in [0.2, 0.25) is 0 Å². The van der Waals surface area contributed by atoms with Crippen molar-refractivity contribution in [2.45, 2.75) is 77.2 Å². The molecule has 0 unspecified atom stereocenters. The van der Waals surface area contributed by atoms with E-state index >= 15 is 0 Å². The van der Waals surface area contributed by atoms with Crippen LogP contribution in [0.25, 0.3) is 0 Å². The predicted molar refractivity (Wildman–Crippen MR) is 136 cm³/mol. The van der Waals surface area contributed by atoms with Crippen LogP contribution in [0.15, 0.2) is 54.1 Å². The van der Waals surface area contributed by atoms with Gasteiger partial charge >= 0.3 is 18.1 Å². The first kappa shape index (κ1) is 28.4. The number of hydrogen-bond acceptors (Lipinski definition) is 5. The summed E-state index contributed by atoms with van der Waals surface area (Å²) in [5, 5.41) is 0. The number of carbonyl (C=O) groups excluding carboxylic acids is 2. The number of ether oxygens (including phenoxy) is 3. The van der Waals surface area contributed by atoms with Crippen molar-refractivity contribution < 1.29 is 37.0 Å². The highest BCUT2D eigenvalue weighted by molar-refractivity contribution is 5.90. The molecule has 1 aromatic rings. The summed E-state index contributed by atoms with van der Waals surface area (Å²) >= 11 is 0. The molecule has 4 rings (SSSR count). The number of methoxy groups -OCH3 is 1. The minimum Gasteiger partial charge on any atom is -0.462 e. The Morgan fingerprint density at radius 2 is 1.87 bits per heavy atom. The number of halogens is 3. The van der Waals surface area contributed by atoms with E-state index in [9.17, 15) is 22.8 Å². The first-order chi connectivity index (χ1) is 17.8. The van der Waals surface area contributed by atoms with Gasteiger partial charge in [-0.3, -0.25) is 0 Å². The highest BCUT2D eigenvalue weighted by Crippen LogP contribution is 2.62. The van der Waals surface area contributed by atoms with Crippen molar-refractivity contribution in [3.63, 3.8) is 0 Å². The summed E-state index contributed by atoms with van der Waals surface area (Å²) in [6, 6.07) is 6.85. The molecule has 38 heavy (non-hydrogen) atoms. The molecule has 1 saturated heterocycles. The fourth-order valence-corrected chi connectivity index (χ4v) is 7.22. The molecule has 5 atom stereocenters. The fourth-order valence-electron chi connectivity index (χ4n) is 7.22. The minimum absolute atomic E-state index is 0.0746. The van der Waals surface area contributed by atoms with E-state index in [-0.39, 0.29) is 34.2 Å². The molecule has 8 heteroatoms. The number of benzene rings is 1. The lowest BCUT2D eigenvalue weighted by atomic mass is 9.46. The van der Waals surface area contributed by atoms with E-state index < -0.39 is 23.9 Å². The van der Waals surface area contributed by atoms with Crippen molar-refractivity contribution in [3.8, 4) is 0 Å². The number of rotatable bonds is 6. The van der Waals surface area contributed by atoms with Crippen molar-refractivity contribution in [2.24, 2.45) is 22.7 Å². The van der Waals surface area contributed by atoms with E-state index in [1.807, 2.05) is 6.08 Å². The third-order valence-corrected chi connectivity index (χ3v) is 9.27. The Hall–Kier alpha value is -2.61. The molecule has 0 N–H and O–H groups in total. The van der Waals surface area contributed by atoms with Gasteiger partial charge in [0.15, 0.2) is 0 Å². The fraction of sp³-hybridized carbons (Fsp3) is 0.600. The number of esters is 2. The minimum atomic E-state index is -5.05. The van der Waals surface area contributed by atoms with Crippen molar-refractivity contribution in [3.05, 3.63) is 59.7 Å². The second-order valence-electron chi connectivity index (χ2n) is 11.8. The van der Waals surface area contributed by atoms with Crippen LogP contribution in [0.1, 0.15) is 64.9 Å². The van der Waals surface area contributed by atoms with Crippen molar-refractivity contribution >= 4 is 11.9 Å². The average Bonchev–Trinajstić information content (AvgIpc) is 3.25. The number of allylic oxidation sites excluding steroid dienone is 1. The molecule has 2 saturated carbocycles. The molecule has 0 radical (unpaired) electrons. The van der Waals surface area contributed by atoms with Gasteiger partial charge in [0.1, 0.15) is 6.10 Å². The topological polar surface area (TPSA) is 61.8 Å². The average molecular weight is 535 g/mol. The first-order valence-electron chi connectivity index (χ1n) is 13.2. The highest BCUT2D eigenvalue weighted by atomic mass is 19.4. The standard InChI is InChI=1S/C30H37F3O5/c1-19-22(13-12-20-14-17-37-25(20)34)28(4)16-9-15-27(2,3)24(28)18-23(19)38-26(35)29(36-5,30(31,32)33)21-10-7-6-8-11-21/h6-8,10-12,22-24H,1,9,13-18H2,2-5H3/b20-12+/t22-,23-,24-,28+,29-/m0/s1. The van der Waals surface area contributed by atoms with Crippen LogP contribution < -0.4 is 0 Å². The lowest BCUT2D eigenvalue weighted by Gasteiger charge is -2.59. The molecule has 0 spiro atoms. The molecule has 0 amide bonds. The van der Waals surface area contributed by atoms with Gasteiger partial charge in [-0.1, -0.05) is 70.2 Å². The Morgan fingerprint density at radius 3 is 2.45 bits per heavy atom. The molecular formula is C30H37F3O5. The molecular weight excluding hydrogens is 497 g/mol. The smallest absolute Gasteiger partial charge is 0.432 e. The summed E-state index contributed by atoms with van der Waals surface area (Å²) in [6.45, 7) is 11.2.